The van der Waals surface area contributed by atoms with E-state index in [-0.39, 0.29) is 0 Å². The smallest absolute Gasteiger partial charge is 0.0701 e. The summed E-state index contributed by atoms with van der Waals surface area (Å²) in [5.41, 5.74) is 0. The molecule has 0 rings (SSSR count). The van der Waals surface area contributed by atoms with Gasteiger partial charge in [-0.1, -0.05) is 0 Å². The maximum atomic E-state index is 5.38. The molecule has 18 heavy (non-hydrogen) atoms. The van der Waals surface area contributed by atoms with Crippen LogP contribution in [0.2, 0.25) is 0 Å². The van der Waals surface area contributed by atoms with Gasteiger partial charge in [-0.05, 0) is 19.8 Å². The van der Waals surface area contributed by atoms with Gasteiger partial charge in [0.25, 0.3) is 0 Å². The average molecular weight is 263 g/mol. The van der Waals surface area contributed by atoms with Gasteiger partial charge in [-0.25, -0.2) is 0 Å². The highest BCUT2D eigenvalue weighted by molar-refractivity contribution is 4.62. The Morgan fingerprint density at radius 2 is 1.33 bits per heavy atom. The van der Waals surface area contributed by atoms with Crippen molar-refractivity contribution in [1.82, 2.24) is 0 Å². The predicted octanol–water partition coefficient (Wildman–Crippen LogP) is 1.31. The zero-order valence-electron chi connectivity index (χ0n) is 11.7. The molecule has 0 aromatic carbocycles. The SMILES string of the molecule is CCOCCOC[CH]CCOCCOCCOC. The summed E-state index contributed by atoms with van der Waals surface area (Å²) in [4.78, 5) is 0. The Hall–Kier alpha value is -0.200. The summed E-state index contributed by atoms with van der Waals surface area (Å²) in [5.74, 6) is 0. The van der Waals surface area contributed by atoms with Crippen molar-refractivity contribution in [2.75, 3.05) is 66.6 Å². The fraction of sp³-hybridized carbons (Fsp3) is 0.923. The molecule has 0 N–H and O–H groups in total. The number of ether oxygens (including phenoxy) is 5. The van der Waals surface area contributed by atoms with E-state index in [4.69, 9.17) is 23.7 Å². The average Bonchev–Trinajstić information content (AvgIpc) is 2.39. The van der Waals surface area contributed by atoms with Crippen molar-refractivity contribution in [3.05, 3.63) is 6.42 Å². The third-order valence-corrected chi connectivity index (χ3v) is 2.08. The normalized spacial score (nSPS) is 11.0. The number of methoxy groups -OCH3 is 1. The summed E-state index contributed by atoms with van der Waals surface area (Å²) in [6, 6.07) is 0. The summed E-state index contributed by atoms with van der Waals surface area (Å²) in [5, 5.41) is 0. The van der Waals surface area contributed by atoms with Crippen molar-refractivity contribution < 1.29 is 23.7 Å². The molecule has 0 aromatic rings. The Morgan fingerprint density at radius 3 is 2.06 bits per heavy atom. The van der Waals surface area contributed by atoms with Gasteiger partial charge in [0.15, 0.2) is 0 Å². The van der Waals surface area contributed by atoms with Crippen LogP contribution in [0.25, 0.3) is 0 Å². The molecule has 0 saturated carbocycles. The van der Waals surface area contributed by atoms with E-state index < -0.39 is 0 Å². The number of hydrogen-bond donors (Lipinski definition) is 0. The standard InChI is InChI=1S/C13H27O5/c1-3-15-10-11-16-6-4-5-7-17-12-13-18-9-8-14-2/h4H,3,5-13H2,1-2H3. The fourth-order valence-electron chi connectivity index (χ4n) is 1.14. The highest BCUT2D eigenvalue weighted by atomic mass is 16.5. The lowest BCUT2D eigenvalue weighted by Crippen LogP contribution is -2.09. The van der Waals surface area contributed by atoms with Gasteiger partial charge in [0.1, 0.15) is 0 Å². The van der Waals surface area contributed by atoms with Gasteiger partial charge in [-0.3, -0.25) is 0 Å². The first-order chi connectivity index (χ1) is 8.91. The van der Waals surface area contributed by atoms with E-state index in [9.17, 15) is 0 Å². The Morgan fingerprint density at radius 1 is 0.722 bits per heavy atom. The van der Waals surface area contributed by atoms with Gasteiger partial charge in [0.05, 0.1) is 39.6 Å². The summed E-state index contributed by atoms with van der Waals surface area (Å²) in [6.45, 7) is 7.90. The molecule has 0 aromatic heterocycles. The molecule has 0 aliphatic rings. The van der Waals surface area contributed by atoms with Gasteiger partial charge in [-0.2, -0.15) is 0 Å². The molecular formula is C13H27O5. The lowest BCUT2D eigenvalue weighted by Gasteiger charge is -2.06. The van der Waals surface area contributed by atoms with Gasteiger partial charge in [-0.15, -0.1) is 0 Å². The van der Waals surface area contributed by atoms with Crippen LogP contribution in [0.15, 0.2) is 0 Å². The van der Waals surface area contributed by atoms with E-state index in [1.165, 1.54) is 0 Å². The van der Waals surface area contributed by atoms with Gasteiger partial charge in [0.2, 0.25) is 0 Å². The Bertz CT molecular complexity index is 127. The quantitative estimate of drug-likeness (QED) is 0.417. The topological polar surface area (TPSA) is 46.2 Å². The fourth-order valence-corrected chi connectivity index (χ4v) is 1.14. The van der Waals surface area contributed by atoms with Crippen molar-refractivity contribution in [1.29, 1.82) is 0 Å². The first kappa shape index (κ1) is 17.8. The van der Waals surface area contributed by atoms with E-state index in [1.807, 2.05) is 6.92 Å². The highest BCUT2D eigenvalue weighted by Gasteiger charge is 1.93. The number of unbranched alkanes of at least 4 members (excludes halogenated alkanes) is 1. The molecule has 0 saturated heterocycles. The zero-order valence-corrected chi connectivity index (χ0v) is 11.7. The molecule has 0 fully saturated rings. The van der Waals surface area contributed by atoms with E-state index in [1.54, 1.807) is 7.11 Å². The maximum Gasteiger partial charge on any atom is 0.0701 e. The van der Waals surface area contributed by atoms with Crippen LogP contribution >= 0.6 is 0 Å². The van der Waals surface area contributed by atoms with E-state index in [0.717, 1.165) is 13.0 Å². The second-order valence-electron chi connectivity index (χ2n) is 3.57. The molecular weight excluding hydrogens is 236 g/mol. The first-order valence-electron chi connectivity index (χ1n) is 6.53. The third-order valence-electron chi connectivity index (χ3n) is 2.08. The van der Waals surface area contributed by atoms with Crippen molar-refractivity contribution in [3.63, 3.8) is 0 Å². The summed E-state index contributed by atoms with van der Waals surface area (Å²) >= 11 is 0. The lowest BCUT2D eigenvalue weighted by atomic mass is 10.3. The van der Waals surface area contributed by atoms with Crippen molar-refractivity contribution in [3.8, 4) is 0 Å². The molecule has 0 atom stereocenters. The monoisotopic (exact) mass is 263 g/mol. The van der Waals surface area contributed by atoms with Crippen LogP contribution in [0, 0.1) is 6.42 Å². The highest BCUT2D eigenvalue weighted by Crippen LogP contribution is 1.91. The Balaban J connectivity index is 2.86. The molecule has 0 amide bonds. The largest absolute Gasteiger partial charge is 0.382 e. The van der Waals surface area contributed by atoms with Crippen LogP contribution in [0.5, 0.6) is 0 Å². The van der Waals surface area contributed by atoms with Crippen LogP contribution < -0.4 is 0 Å². The minimum atomic E-state index is 0.619. The molecule has 109 valence electrons. The van der Waals surface area contributed by atoms with Crippen LogP contribution in [0.1, 0.15) is 13.3 Å². The van der Waals surface area contributed by atoms with Crippen molar-refractivity contribution in [2.24, 2.45) is 0 Å². The summed E-state index contributed by atoms with van der Waals surface area (Å²) in [7, 11) is 1.66. The molecule has 0 aliphatic carbocycles. The van der Waals surface area contributed by atoms with Crippen LogP contribution in [-0.4, -0.2) is 66.6 Å². The zero-order chi connectivity index (χ0) is 13.3. The molecule has 0 heterocycles. The second-order valence-corrected chi connectivity index (χ2v) is 3.57. The summed E-state index contributed by atoms with van der Waals surface area (Å²) in [6.07, 6.45) is 2.96. The minimum absolute atomic E-state index is 0.619. The number of rotatable bonds is 15. The molecule has 1 radical (unpaired) electrons. The van der Waals surface area contributed by atoms with Gasteiger partial charge >= 0.3 is 0 Å². The van der Waals surface area contributed by atoms with Gasteiger partial charge < -0.3 is 23.7 Å². The molecule has 5 heteroatoms. The Labute approximate surface area is 111 Å². The van der Waals surface area contributed by atoms with Crippen LogP contribution in [-0.2, 0) is 23.7 Å². The number of hydrogen-bond acceptors (Lipinski definition) is 5. The van der Waals surface area contributed by atoms with E-state index >= 15 is 0 Å². The Kier molecular flexibility index (Phi) is 16.6. The minimum Gasteiger partial charge on any atom is -0.382 e. The van der Waals surface area contributed by atoms with Crippen LogP contribution in [0.3, 0.4) is 0 Å². The summed E-state index contributed by atoms with van der Waals surface area (Å²) < 4.78 is 26.0. The molecule has 0 bridgehead atoms. The molecule has 0 aliphatic heterocycles. The first-order valence-corrected chi connectivity index (χ1v) is 6.53. The van der Waals surface area contributed by atoms with Crippen LogP contribution in [0.4, 0.5) is 0 Å². The van der Waals surface area contributed by atoms with E-state index in [2.05, 4.69) is 6.42 Å². The molecule has 0 spiro atoms. The lowest BCUT2D eigenvalue weighted by molar-refractivity contribution is 0.0240. The van der Waals surface area contributed by atoms with E-state index in [0.29, 0.717) is 52.9 Å². The maximum absolute atomic E-state index is 5.38. The predicted molar refractivity (Wildman–Crippen MR) is 69.7 cm³/mol. The van der Waals surface area contributed by atoms with Crippen molar-refractivity contribution in [2.45, 2.75) is 13.3 Å². The van der Waals surface area contributed by atoms with Gasteiger partial charge in [0, 0.05) is 26.9 Å². The van der Waals surface area contributed by atoms with Crippen molar-refractivity contribution >= 4 is 0 Å². The molecule has 5 nitrogen and oxygen atoms in total. The second kappa shape index (κ2) is 16.8. The molecule has 0 unspecified atom stereocenters. The third kappa shape index (κ3) is 15.8.